The van der Waals surface area contributed by atoms with Crippen LogP contribution < -0.4 is 15.5 Å². The highest BCUT2D eigenvalue weighted by Gasteiger charge is 2.18. The summed E-state index contributed by atoms with van der Waals surface area (Å²) in [6, 6.07) is 13.5. The predicted molar refractivity (Wildman–Crippen MR) is 105 cm³/mol. The van der Waals surface area contributed by atoms with Crippen molar-refractivity contribution in [2.75, 3.05) is 36.0 Å². The number of aromatic nitrogens is 3. The summed E-state index contributed by atoms with van der Waals surface area (Å²) in [5, 5.41) is 5.30. The molecule has 8 heteroatoms. The van der Waals surface area contributed by atoms with Gasteiger partial charge in [-0.2, -0.15) is 9.78 Å². The summed E-state index contributed by atoms with van der Waals surface area (Å²) in [5.74, 6) is 0. The maximum Gasteiger partial charge on any atom is 0.347 e. The molecule has 26 heavy (non-hydrogen) atoms. The van der Waals surface area contributed by atoms with E-state index in [1.54, 1.807) is 6.07 Å². The lowest BCUT2D eigenvalue weighted by molar-refractivity contribution is 0.653. The van der Waals surface area contributed by atoms with Crippen LogP contribution in [0.4, 0.5) is 11.4 Å². The molecule has 1 aromatic heterocycles. The molecular formula is C18H17Cl2N5O. The lowest BCUT2D eigenvalue weighted by Crippen LogP contribution is -2.46. The Kier molecular flexibility index (Phi) is 4.61. The second-order valence-electron chi connectivity index (χ2n) is 6.12. The molecule has 0 amide bonds. The average molecular weight is 390 g/mol. The van der Waals surface area contributed by atoms with Crippen molar-refractivity contribution in [1.29, 1.82) is 0 Å². The smallest absolute Gasteiger partial charge is 0.347 e. The number of nitrogens with one attached hydrogen (secondary N) is 1. The van der Waals surface area contributed by atoms with Gasteiger partial charge in [-0.3, -0.25) is 4.98 Å². The van der Waals surface area contributed by atoms with E-state index in [0.717, 1.165) is 43.2 Å². The molecule has 0 saturated carbocycles. The highest BCUT2D eigenvalue weighted by molar-refractivity contribution is 6.35. The quantitative estimate of drug-likeness (QED) is 0.747. The topological polar surface area (TPSA) is 57.2 Å². The van der Waals surface area contributed by atoms with Crippen LogP contribution in [0, 0.1) is 0 Å². The van der Waals surface area contributed by atoms with Gasteiger partial charge in [0.15, 0.2) is 0 Å². The Hall–Kier alpha value is -2.44. The first-order chi connectivity index (χ1) is 12.6. The van der Waals surface area contributed by atoms with Crippen molar-refractivity contribution in [3.05, 3.63) is 69.3 Å². The van der Waals surface area contributed by atoms with Crippen LogP contribution in [0.1, 0.15) is 0 Å². The van der Waals surface area contributed by atoms with Crippen molar-refractivity contribution in [2.24, 2.45) is 0 Å². The Morgan fingerprint density at radius 3 is 1.88 bits per heavy atom. The number of halogens is 2. The van der Waals surface area contributed by atoms with E-state index in [-0.39, 0.29) is 5.69 Å². The van der Waals surface area contributed by atoms with Crippen molar-refractivity contribution < 1.29 is 0 Å². The van der Waals surface area contributed by atoms with E-state index in [1.165, 1.54) is 11.0 Å². The standard InChI is InChI=1S/C18H17Cl2N5O/c19-13-9-14(20)11-17(10-13)24-7-5-23(6-8-24)15-1-3-16(4-2-15)25-18(26)21-12-22-25/h1-4,9-12H,5-8H2,(H,21,22,26). The number of H-pyrrole nitrogens is 1. The van der Waals surface area contributed by atoms with Crippen molar-refractivity contribution in [3.8, 4) is 5.69 Å². The summed E-state index contributed by atoms with van der Waals surface area (Å²) in [6.07, 6.45) is 1.39. The molecular weight excluding hydrogens is 373 g/mol. The highest BCUT2D eigenvalue weighted by atomic mass is 35.5. The van der Waals surface area contributed by atoms with Crippen molar-refractivity contribution in [3.63, 3.8) is 0 Å². The van der Waals surface area contributed by atoms with Crippen LogP contribution in [0.3, 0.4) is 0 Å². The molecule has 1 saturated heterocycles. The van der Waals surface area contributed by atoms with Crippen molar-refractivity contribution in [2.45, 2.75) is 0 Å². The SMILES string of the molecule is O=c1[nH]cnn1-c1ccc(N2CCN(c3cc(Cl)cc(Cl)c3)CC2)cc1. The van der Waals surface area contributed by atoms with Gasteiger partial charge in [-0.1, -0.05) is 23.2 Å². The number of hydrogen-bond donors (Lipinski definition) is 1. The number of piperazine rings is 1. The lowest BCUT2D eigenvalue weighted by atomic mass is 10.2. The van der Waals surface area contributed by atoms with Gasteiger partial charge in [0.25, 0.3) is 0 Å². The van der Waals surface area contributed by atoms with Gasteiger partial charge < -0.3 is 9.80 Å². The van der Waals surface area contributed by atoms with Crippen LogP contribution in [-0.2, 0) is 0 Å². The second-order valence-corrected chi connectivity index (χ2v) is 7.00. The number of benzene rings is 2. The number of nitrogens with zero attached hydrogens (tertiary/aromatic N) is 4. The summed E-state index contributed by atoms with van der Waals surface area (Å²) < 4.78 is 1.34. The molecule has 3 aromatic rings. The minimum absolute atomic E-state index is 0.244. The zero-order valence-corrected chi connectivity index (χ0v) is 15.4. The number of anilines is 2. The fourth-order valence-electron chi connectivity index (χ4n) is 3.19. The molecule has 0 aliphatic carbocycles. The molecule has 1 N–H and O–H groups in total. The zero-order valence-electron chi connectivity index (χ0n) is 13.9. The molecule has 0 atom stereocenters. The van der Waals surface area contributed by atoms with E-state index in [9.17, 15) is 4.79 Å². The largest absolute Gasteiger partial charge is 0.368 e. The molecule has 0 unspecified atom stereocenters. The summed E-state index contributed by atoms with van der Waals surface area (Å²) in [5.41, 5.74) is 2.68. The summed E-state index contributed by atoms with van der Waals surface area (Å²) in [7, 11) is 0. The Morgan fingerprint density at radius 1 is 0.808 bits per heavy atom. The van der Waals surface area contributed by atoms with Crippen LogP contribution in [0.15, 0.2) is 53.6 Å². The minimum atomic E-state index is -0.244. The molecule has 1 fully saturated rings. The van der Waals surface area contributed by atoms with Crippen LogP contribution >= 0.6 is 23.2 Å². The first-order valence-corrected chi connectivity index (χ1v) is 9.05. The fourth-order valence-corrected chi connectivity index (χ4v) is 3.70. The molecule has 134 valence electrons. The van der Waals surface area contributed by atoms with Crippen LogP contribution in [0.25, 0.3) is 5.69 Å². The van der Waals surface area contributed by atoms with Gasteiger partial charge in [-0.05, 0) is 42.5 Å². The van der Waals surface area contributed by atoms with Gasteiger partial charge in [0.2, 0.25) is 0 Å². The molecule has 0 bridgehead atoms. The predicted octanol–water partition coefficient (Wildman–Crippen LogP) is 3.19. The van der Waals surface area contributed by atoms with Gasteiger partial charge in [0.05, 0.1) is 5.69 Å². The second kappa shape index (κ2) is 7.05. The molecule has 4 rings (SSSR count). The van der Waals surface area contributed by atoms with Gasteiger partial charge in [0, 0.05) is 47.6 Å². The van der Waals surface area contributed by atoms with Crippen LogP contribution in [0.2, 0.25) is 10.0 Å². The van der Waals surface area contributed by atoms with Crippen molar-refractivity contribution >= 4 is 34.6 Å². The average Bonchev–Trinajstić information content (AvgIpc) is 3.07. The van der Waals surface area contributed by atoms with Crippen LogP contribution in [-0.4, -0.2) is 40.9 Å². The molecule has 2 aromatic carbocycles. The normalized spacial score (nSPS) is 14.7. The van der Waals surface area contributed by atoms with E-state index in [4.69, 9.17) is 23.2 Å². The van der Waals surface area contributed by atoms with E-state index < -0.39 is 0 Å². The molecule has 1 aliphatic heterocycles. The monoisotopic (exact) mass is 389 g/mol. The Labute approximate surface area is 160 Å². The first-order valence-electron chi connectivity index (χ1n) is 8.29. The number of aromatic amines is 1. The number of rotatable bonds is 3. The Bertz CT molecular complexity index is 938. The van der Waals surface area contributed by atoms with E-state index >= 15 is 0 Å². The summed E-state index contributed by atoms with van der Waals surface area (Å²) in [4.78, 5) is 18.8. The molecule has 6 nitrogen and oxygen atoms in total. The maximum atomic E-state index is 11.6. The van der Waals surface area contributed by atoms with Crippen molar-refractivity contribution in [1.82, 2.24) is 14.8 Å². The summed E-state index contributed by atoms with van der Waals surface area (Å²) in [6.45, 7) is 3.56. The van der Waals surface area contributed by atoms with Gasteiger partial charge in [-0.15, -0.1) is 0 Å². The van der Waals surface area contributed by atoms with Gasteiger partial charge in [-0.25, -0.2) is 4.79 Å². The molecule has 0 radical (unpaired) electrons. The third kappa shape index (κ3) is 3.43. The van der Waals surface area contributed by atoms with E-state index in [2.05, 4.69) is 19.9 Å². The summed E-state index contributed by atoms with van der Waals surface area (Å²) >= 11 is 12.2. The molecule has 0 spiro atoms. The minimum Gasteiger partial charge on any atom is -0.368 e. The number of hydrogen-bond acceptors (Lipinski definition) is 4. The molecule has 2 heterocycles. The first kappa shape index (κ1) is 17.0. The van der Waals surface area contributed by atoms with E-state index in [1.807, 2.05) is 36.4 Å². The van der Waals surface area contributed by atoms with E-state index in [0.29, 0.717) is 10.0 Å². The zero-order chi connectivity index (χ0) is 18.1. The Balaban J connectivity index is 1.45. The Morgan fingerprint density at radius 2 is 1.35 bits per heavy atom. The fraction of sp³-hybridized carbons (Fsp3) is 0.222. The maximum absolute atomic E-state index is 11.6. The third-order valence-electron chi connectivity index (χ3n) is 4.51. The van der Waals surface area contributed by atoms with Gasteiger partial charge >= 0.3 is 5.69 Å². The molecule has 1 aliphatic rings. The van der Waals surface area contributed by atoms with Crippen LogP contribution in [0.5, 0.6) is 0 Å². The highest BCUT2D eigenvalue weighted by Crippen LogP contribution is 2.27. The lowest BCUT2D eigenvalue weighted by Gasteiger charge is -2.37. The third-order valence-corrected chi connectivity index (χ3v) is 4.94. The van der Waals surface area contributed by atoms with Gasteiger partial charge in [0.1, 0.15) is 6.33 Å².